The van der Waals surface area contributed by atoms with Gasteiger partial charge >= 0.3 is 0 Å². The summed E-state index contributed by atoms with van der Waals surface area (Å²) in [6.45, 7) is 0. The van der Waals surface area contributed by atoms with Crippen LogP contribution in [0.5, 0.6) is 0 Å². The second-order valence-electron chi connectivity index (χ2n) is 3.59. The molecule has 2 nitrogen and oxygen atoms in total. The SMILES string of the molecule is Nc1ccc(C=CCC=O)c2ccccc12. The Bertz CT molecular complexity index is 543. The average molecular weight is 211 g/mol. The minimum Gasteiger partial charge on any atom is -0.398 e. The van der Waals surface area contributed by atoms with Crippen LogP contribution in [0.25, 0.3) is 16.8 Å². The fraction of sp³-hybridized carbons (Fsp3) is 0.0714. The van der Waals surface area contributed by atoms with E-state index in [1.165, 1.54) is 0 Å². The number of nitrogen functional groups attached to an aromatic ring is 1. The van der Waals surface area contributed by atoms with E-state index in [0.717, 1.165) is 28.3 Å². The Morgan fingerprint density at radius 3 is 2.56 bits per heavy atom. The standard InChI is InChI=1S/C14H13NO/c15-14-9-8-11(5-3-4-10-16)12-6-1-2-7-13(12)14/h1-3,5-10H,4,15H2. The highest BCUT2D eigenvalue weighted by Gasteiger charge is 2.00. The Hall–Kier alpha value is -2.09. The number of anilines is 1. The predicted octanol–water partition coefficient (Wildman–Crippen LogP) is 3.02. The molecular formula is C14H13NO. The number of carbonyl (C=O) groups excluding carboxylic acids is 1. The van der Waals surface area contributed by atoms with E-state index < -0.39 is 0 Å². The van der Waals surface area contributed by atoms with E-state index >= 15 is 0 Å². The second kappa shape index (κ2) is 4.62. The lowest BCUT2D eigenvalue weighted by atomic mass is 10.0. The van der Waals surface area contributed by atoms with Gasteiger partial charge in [0.2, 0.25) is 0 Å². The number of allylic oxidation sites excluding steroid dienone is 1. The number of carbonyl (C=O) groups is 1. The van der Waals surface area contributed by atoms with Crippen LogP contribution in [0, 0.1) is 0 Å². The monoisotopic (exact) mass is 211 g/mol. The van der Waals surface area contributed by atoms with Crippen molar-refractivity contribution in [1.82, 2.24) is 0 Å². The molecule has 2 heteroatoms. The maximum atomic E-state index is 10.2. The largest absolute Gasteiger partial charge is 0.398 e. The first kappa shape index (κ1) is 10.4. The van der Waals surface area contributed by atoms with Gasteiger partial charge < -0.3 is 10.5 Å². The highest BCUT2D eigenvalue weighted by atomic mass is 16.1. The lowest BCUT2D eigenvalue weighted by Crippen LogP contribution is -1.88. The van der Waals surface area contributed by atoms with Crippen molar-refractivity contribution in [3.05, 3.63) is 48.0 Å². The van der Waals surface area contributed by atoms with Gasteiger partial charge in [-0.25, -0.2) is 0 Å². The minimum atomic E-state index is 0.443. The highest BCUT2D eigenvalue weighted by molar-refractivity contribution is 5.98. The van der Waals surface area contributed by atoms with E-state index in [-0.39, 0.29) is 0 Å². The fourth-order valence-corrected chi connectivity index (χ4v) is 1.74. The lowest BCUT2D eigenvalue weighted by Gasteiger charge is -2.04. The molecule has 0 spiro atoms. The molecule has 0 aliphatic rings. The molecule has 16 heavy (non-hydrogen) atoms. The molecule has 0 radical (unpaired) electrons. The number of rotatable bonds is 3. The van der Waals surface area contributed by atoms with Gasteiger partial charge in [-0.05, 0) is 17.0 Å². The molecule has 2 N–H and O–H groups in total. The Balaban J connectivity index is 2.54. The Morgan fingerprint density at radius 2 is 1.81 bits per heavy atom. The number of hydrogen-bond acceptors (Lipinski definition) is 2. The molecular weight excluding hydrogens is 198 g/mol. The molecule has 0 saturated carbocycles. The summed E-state index contributed by atoms with van der Waals surface area (Å²) in [5, 5.41) is 2.17. The molecule has 0 saturated heterocycles. The molecule has 0 atom stereocenters. The summed E-state index contributed by atoms with van der Waals surface area (Å²) < 4.78 is 0. The first-order valence-corrected chi connectivity index (χ1v) is 5.20. The van der Waals surface area contributed by atoms with E-state index in [1.54, 1.807) is 0 Å². The van der Waals surface area contributed by atoms with Gasteiger partial charge in [0, 0.05) is 17.5 Å². The van der Waals surface area contributed by atoms with Gasteiger partial charge in [0.05, 0.1) is 0 Å². The summed E-state index contributed by atoms with van der Waals surface area (Å²) in [6, 6.07) is 11.9. The quantitative estimate of drug-likeness (QED) is 0.626. The molecule has 2 aromatic rings. The molecule has 0 aliphatic carbocycles. The average Bonchev–Trinajstić information content (AvgIpc) is 2.33. The molecule has 2 aromatic carbocycles. The Morgan fingerprint density at radius 1 is 1.06 bits per heavy atom. The number of fused-ring (bicyclic) bond motifs is 1. The van der Waals surface area contributed by atoms with Crippen molar-refractivity contribution in [2.24, 2.45) is 0 Å². The molecule has 0 fully saturated rings. The van der Waals surface area contributed by atoms with E-state index in [4.69, 9.17) is 5.73 Å². The Labute approximate surface area is 94.4 Å². The topological polar surface area (TPSA) is 43.1 Å². The van der Waals surface area contributed by atoms with Crippen LogP contribution < -0.4 is 5.73 Å². The molecule has 0 aliphatic heterocycles. The summed E-state index contributed by atoms with van der Waals surface area (Å²) in [6.07, 6.45) is 5.13. The van der Waals surface area contributed by atoms with Gasteiger partial charge in [-0.2, -0.15) is 0 Å². The third-order valence-electron chi connectivity index (χ3n) is 2.52. The first-order valence-electron chi connectivity index (χ1n) is 5.20. The zero-order chi connectivity index (χ0) is 11.4. The van der Waals surface area contributed by atoms with Crippen molar-refractivity contribution < 1.29 is 4.79 Å². The molecule has 0 heterocycles. The van der Waals surface area contributed by atoms with Gasteiger partial charge in [-0.15, -0.1) is 0 Å². The van der Waals surface area contributed by atoms with Gasteiger partial charge in [-0.1, -0.05) is 42.5 Å². The Kier molecular flexibility index (Phi) is 3.01. The van der Waals surface area contributed by atoms with Gasteiger partial charge in [0.15, 0.2) is 0 Å². The van der Waals surface area contributed by atoms with E-state index in [1.807, 2.05) is 48.6 Å². The van der Waals surface area contributed by atoms with Crippen LogP contribution in [0.4, 0.5) is 5.69 Å². The second-order valence-corrected chi connectivity index (χ2v) is 3.59. The lowest BCUT2D eigenvalue weighted by molar-refractivity contribution is -0.107. The third-order valence-corrected chi connectivity index (χ3v) is 2.52. The molecule has 0 aromatic heterocycles. The van der Waals surface area contributed by atoms with Crippen LogP contribution in [0.15, 0.2) is 42.5 Å². The van der Waals surface area contributed by atoms with E-state index in [2.05, 4.69) is 0 Å². The van der Waals surface area contributed by atoms with Crippen LogP contribution in [0.3, 0.4) is 0 Å². The van der Waals surface area contributed by atoms with Crippen molar-refractivity contribution in [1.29, 1.82) is 0 Å². The van der Waals surface area contributed by atoms with Crippen LogP contribution in [-0.4, -0.2) is 6.29 Å². The zero-order valence-electron chi connectivity index (χ0n) is 8.89. The molecule has 0 bridgehead atoms. The molecule has 2 rings (SSSR count). The van der Waals surface area contributed by atoms with Gasteiger partial charge in [-0.3, -0.25) is 0 Å². The molecule has 80 valence electrons. The maximum absolute atomic E-state index is 10.2. The third kappa shape index (κ3) is 1.96. The van der Waals surface area contributed by atoms with Gasteiger partial charge in [0.25, 0.3) is 0 Å². The van der Waals surface area contributed by atoms with Crippen molar-refractivity contribution in [2.45, 2.75) is 6.42 Å². The number of aldehydes is 1. The maximum Gasteiger partial charge on any atom is 0.123 e. The minimum absolute atomic E-state index is 0.443. The predicted molar refractivity (Wildman–Crippen MR) is 68.1 cm³/mol. The molecule has 0 unspecified atom stereocenters. The summed E-state index contributed by atoms with van der Waals surface area (Å²) in [4.78, 5) is 10.2. The van der Waals surface area contributed by atoms with Gasteiger partial charge in [0.1, 0.15) is 6.29 Å². The highest BCUT2D eigenvalue weighted by Crippen LogP contribution is 2.25. The van der Waals surface area contributed by atoms with Crippen LogP contribution in [0.2, 0.25) is 0 Å². The van der Waals surface area contributed by atoms with Crippen LogP contribution >= 0.6 is 0 Å². The summed E-state index contributed by atoms with van der Waals surface area (Å²) in [5.74, 6) is 0. The summed E-state index contributed by atoms with van der Waals surface area (Å²) in [7, 11) is 0. The first-order chi connectivity index (χ1) is 7.83. The number of hydrogen-bond donors (Lipinski definition) is 1. The van der Waals surface area contributed by atoms with Crippen molar-refractivity contribution >= 4 is 28.8 Å². The van der Waals surface area contributed by atoms with Crippen molar-refractivity contribution in [3.8, 4) is 0 Å². The summed E-state index contributed by atoms with van der Waals surface area (Å²) >= 11 is 0. The zero-order valence-corrected chi connectivity index (χ0v) is 8.89. The normalized spacial score (nSPS) is 11.0. The van der Waals surface area contributed by atoms with E-state index in [0.29, 0.717) is 6.42 Å². The number of benzene rings is 2. The van der Waals surface area contributed by atoms with Crippen LogP contribution in [0.1, 0.15) is 12.0 Å². The van der Waals surface area contributed by atoms with Crippen molar-refractivity contribution in [3.63, 3.8) is 0 Å². The number of nitrogens with two attached hydrogens (primary N) is 1. The van der Waals surface area contributed by atoms with Crippen molar-refractivity contribution in [2.75, 3.05) is 5.73 Å². The van der Waals surface area contributed by atoms with Crippen LogP contribution in [-0.2, 0) is 4.79 Å². The molecule has 0 amide bonds. The summed E-state index contributed by atoms with van der Waals surface area (Å²) in [5.41, 5.74) is 7.77. The smallest absolute Gasteiger partial charge is 0.123 e. The van der Waals surface area contributed by atoms with E-state index in [9.17, 15) is 4.79 Å². The fourth-order valence-electron chi connectivity index (χ4n) is 1.74.